The summed E-state index contributed by atoms with van der Waals surface area (Å²) in [6, 6.07) is 11.5. The Morgan fingerprint density at radius 1 is 1.17 bits per heavy atom. The summed E-state index contributed by atoms with van der Waals surface area (Å²) in [4.78, 5) is 12.5. The second-order valence-electron chi connectivity index (χ2n) is 4.83. The third-order valence-corrected chi connectivity index (χ3v) is 4.28. The number of nitrogens with two attached hydrogens (primary N) is 1. The Labute approximate surface area is 149 Å². The quantitative estimate of drug-likeness (QED) is 0.844. The van der Waals surface area contributed by atoms with Gasteiger partial charge < -0.3 is 5.73 Å². The molecule has 0 heterocycles. The fourth-order valence-corrected chi connectivity index (χ4v) is 2.95. The lowest BCUT2D eigenvalue weighted by Gasteiger charge is -2.19. The first-order chi connectivity index (χ1) is 10.8. The van der Waals surface area contributed by atoms with Crippen molar-refractivity contribution in [3.05, 3.63) is 62.6 Å². The molecule has 2 aromatic carbocycles. The molecule has 0 spiro atoms. The van der Waals surface area contributed by atoms with Crippen molar-refractivity contribution < 1.29 is 4.79 Å². The lowest BCUT2D eigenvalue weighted by atomic mass is 9.92. The molecule has 7 heteroatoms. The van der Waals surface area contributed by atoms with Crippen molar-refractivity contribution in [1.82, 2.24) is 0 Å². The van der Waals surface area contributed by atoms with Crippen LogP contribution in [0.1, 0.15) is 17.0 Å². The molecule has 0 saturated heterocycles. The predicted octanol–water partition coefficient (Wildman–Crippen LogP) is 4.82. The van der Waals surface area contributed by atoms with E-state index in [1.54, 1.807) is 36.4 Å². The van der Waals surface area contributed by atoms with Gasteiger partial charge in [0.15, 0.2) is 0 Å². The summed E-state index contributed by atoms with van der Waals surface area (Å²) in [5.74, 6) is -0.653. The molecule has 2 amide bonds. The molecule has 2 rings (SSSR count). The molecular weight excluding hydrogens is 357 g/mol. The highest BCUT2D eigenvalue weighted by Gasteiger charge is 2.22. The average molecular weight is 369 g/mol. The topological polar surface area (TPSA) is 70.1 Å². The highest BCUT2D eigenvalue weighted by molar-refractivity contribution is 6.36. The number of benzene rings is 2. The number of rotatable bonds is 3. The summed E-state index contributed by atoms with van der Waals surface area (Å²) in [7, 11) is 1.50. The third-order valence-electron chi connectivity index (χ3n) is 3.40. The van der Waals surface area contributed by atoms with Gasteiger partial charge in [0.05, 0.1) is 12.0 Å². The first kappa shape index (κ1) is 17.4. The smallest absolute Gasteiger partial charge is 0.318 e. The Morgan fingerprint density at radius 2 is 1.70 bits per heavy atom. The number of carbonyl (C=O) groups is 1. The summed E-state index contributed by atoms with van der Waals surface area (Å²) in [6.07, 6.45) is 0. The van der Waals surface area contributed by atoms with Crippen LogP contribution >= 0.6 is 34.8 Å². The van der Waals surface area contributed by atoms with Crippen LogP contribution < -0.4 is 10.6 Å². The van der Waals surface area contributed by atoms with Crippen LogP contribution in [0.2, 0.25) is 15.1 Å². The summed E-state index contributed by atoms with van der Waals surface area (Å²) in [5.41, 5.74) is 6.87. The molecule has 0 radical (unpaired) electrons. The van der Waals surface area contributed by atoms with E-state index in [1.165, 1.54) is 11.9 Å². The average Bonchev–Trinajstić information content (AvgIpc) is 2.51. The molecule has 118 valence electrons. The van der Waals surface area contributed by atoms with Crippen LogP contribution in [0.5, 0.6) is 0 Å². The maximum atomic E-state index is 11.2. The van der Waals surface area contributed by atoms with Gasteiger partial charge in [-0.1, -0.05) is 46.9 Å². The van der Waals surface area contributed by atoms with E-state index in [-0.39, 0.29) is 10.0 Å². The zero-order valence-corrected chi connectivity index (χ0v) is 14.3. The molecule has 0 aliphatic heterocycles. The molecule has 0 aliphatic rings. The minimum Gasteiger partial charge on any atom is -0.351 e. The lowest BCUT2D eigenvalue weighted by molar-refractivity contribution is 0.255. The number of anilines is 1. The molecule has 0 fully saturated rings. The largest absolute Gasteiger partial charge is 0.351 e. The molecule has 4 nitrogen and oxygen atoms in total. The van der Waals surface area contributed by atoms with Gasteiger partial charge >= 0.3 is 6.03 Å². The molecule has 2 N–H and O–H groups in total. The Bertz CT molecular complexity index is 761. The van der Waals surface area contributed by atoms with Crippen LogP contribution in [0, 0.1) is 11.3 Å². The zero-order chi connectivity index (χ0) is 17.1. The standard InChI is InChI=1S/C16H12Cl3N3O/c1-22(16(21)23)11-6-13(18)15(14(19)7-11)12(8-20)9-2-4-10(17)5-3-9/h2-7,12H,1H3,(H2,21,23). The van der Waals surface area contributed by atoms with E-state index in [0.29, 0.717) is 16.3 Å². The number of urea groups is 1. The molecule has 23 heavy (non-hydrogen) atoms. The van der Waals surface area contributed by atoms with Gasteiger partial charge in [0.2, 0.25) is 0 Å². The monoisotopic (exact) mass is 367 g/mol. The summed E-state index contributed by atoms with van der Waals surface area (Å²) in [6.45, 7) is 0. The number of hydrogen-bond acceptors (Lipinski definition) is 2. The van der Waals surface area contributed by atoms with Crippen molar-refractivity contribution in [1.29, 1.82) is 5.26 Å². The van der Waals surface area contributed by atoms with Crippen molar-refractivity contribution in [2.45, 2.75) is 5.92 Å². The van der Waals surface area contributed by atoms with Crippen LogP contribution in [0.25, 0.3) is 0 Å². The van der Waals surface area contributed by atoms with Crippen molar-refractivity contribution in [3.63, 3.8) is 0 Å². The lowest BCUT2D eigenvalue weighted by Crippen LogP contribution is -2.31. The van der Waals surface area contributed by atoms with Gasteiger partial charge in [0.25, 0.3) is 0 Å². The SMILES string of the molecule is CN(C(N)=O)c1cc(Cl)c(C(C#N)c2ccc(Cl)cc2)c(Cl)c1. The minimum absolute atomic E-state index is 0.280. The van der Waals surface area contributed by atoms with Gasteiger partial charge in [-0.25, -0.2) is 4.79 Å². The Morgan fingerprint density at radius 3 is 2.13 bits per heavy atom. The highest BCUT2D eigenvalue weighted by Crippen LogP contribution is 2.38. The van der Waals surface area contributed by atoms with E-state index in [1.807, 2.05) is 0 Å². The number of primary amides is 1. The Balaban J connectivity index is 2.52. The molecule has 1 unspecified atom stereocenters. The first-order valence-corrected chi connectivity index (χ1v) is 7.65. The van der Waals surface area contributed by atoms with Crippen molar-refractivity contribution in [2.75, 3.05) is 11.9 Å². The first-order valence-electron chi connectivity index (χ1n) is 6.52. The van der Waals surface area contributed by atoms with Crippen molar-refractivity contribution >= 4 is 46.5 Å². The molecule has 1 atom stereocenters. The zero-order valence-electron chi connectivity index (χ0n) is 12.1. The second kappa shape index (κ2) is 7.10. The number of halogens is 3. The van der Waals surface area contributed by atoms with Gasteiger partial charge in [-0.3, -0.25) is 4.90 Å². The van der Waals surface area contributed by atoms with Gasteiger partial charge in [-0.2, -0.15) is 5.26 Å². The van der Waals surface area contributed by atoms with Gasteiger partial charge in [0, 0.05) is 33.4 Å². The maximum absolute atomic E-state index is 11.2. The van der Waals surface area contributed by atoms with E-state index in [4.69, 9.17) is 40.5 Å². The summed E-state index contributed by atoms with van der Waals surface area (Å²) < 4.78 is 0. The van der Waals surface area contributed by atoms with Gasteiger partial charge in [-0.05, 0) is 29.8 Å². The van der Waals surface area contributed by atoms with Crippen LogP contribution in [-0.4, -0.2) is 13.1 Å². The number of carbonyl (C=O) groups excluding carboxylic acids is 1. The fourth-order valence-electron chi connectivity index (χ4n) is 2.13. The van der Waals surface area contributed by atoms with Gasteiger partial charge in [-0.15, -0.1) is 0 Å². The molecule has 0 aliphatic carbocycles. The molecule has 0 aromatic heterocycles. The fraction of sp³-hybridized carbons (Fsp3) is 0.125. The maximum Gasteiger partial charge on any atom is 0.318 e. The predicted molar refractivity (Wildman–Crippen MR) is 93.4 cm³/mol. The van der Waals surface area contributed by atoms with Gasteiger partial charge in [0.1, 0.15) is 0 Å². The van der Waals surface area contributed by atoms with Crippen LogP contribution in [0.3, 0.4) is 0 Å². The molecular formula is C16H12Cl3N3O. The summed E-state index contributed by atoms with van der Waals surface area (Å²) >= 11 is 18.5. The number of amides is 2. The normalized spacial score (nSPS) is 11.6. The molecule has 2 aromatic rings. The van der Waals surface area contributed by atoms with Crippen molar-refractivity contribution in [3.8, 4) is 6.07 Å². The van der Waals surface area contributed by atoms with E-state index >= 15 is 0 Å². The number of hydrogen-bond donors (Lipinski definition) is 1. The Kier molecular flexibility index (Phi) is 5.38. The Hall–Kier alpha value is -1.93. The van der Waals surface area contributed by atoms with E-state index in [2.05, 4.69) is 6.07 Å². The van der Waals surface area contributed by atoms with E-state index in [9.17, 15) is 10.1 Å². The molecule has 0 bridgehead atoms. The van der Waals surface area contributed by atoms with Crippen LogP contribution in [0.15, 0.2) is 36.4 Å². The third kappa shape index (κ3) is 3.70. The summed E-state index contributed by atoms with van der Waals surface area (Å²) in [5, 5.41) is 10.7. The van der Waals surface area contributed by atoms with E-state index < -0.39 is 11.9 Å². The number of nitriles is 1. The second-order valence-corrected chi connectivity index (χ2v) is 6.08. The highest BCUT2D eigenvalue weighted by atomic mass is 35.5. The molecule has 0 saturated carbocycles. The van der Waals surface area contributed by atoms with Crippen LogP contribution in [-0.2, 0) is 0 Å². The minimum atomic E-state index is -0.653. The van der Waals surface area contributed by atoms with E-state index in [0.717, 1.165) is 5.56 Å². The van der Waals surface area contributed by atoms with Crippen LogP contribution in [0.4, 0.5) is 10.5 Å². The van der Waals surface area contributed by atoms with Crippen molar-refractivity contribution in [2.24, 2.45) is 5.73 Å². The number of nitrogens with zero attached hydrogens (tertiary/aromatic N) is 2.